The van der Waals surface area contributed by atoms with Crippen molar-refractivity contribution in [2.24, 2.45) is 0 Å². The minimum atomic E-state index is 0.150. The van der Waals surface area contributed by atoms with Crippen molar-refractivity contribution in [3.8, 4) is 50.7 Å². The summed E-state index contributed by atoms with van der Waals surface area (Å²) < 4.78 is 2.42. The van der Waals surface area contributed by atoms with Gasteiger partial charge in [-0.1, -0.05) is 164 Å². The van der Waals surface area contributed by atoms with E-state index in [-0.39, 0.29) is 12.0 Å². The molecule has 0 amide bonds. The number of hydrogen-bond acceptors (Lipinski definition) is 3. The highest BCUT2D eigenvalue weighted by Gasteiger charge is 2.37. The molecule has 0 spiro atoms. The molecule has 2 aliphatic rings. The standard InChI is InChI=1S/C52H36N4/c1-3-17-35(18-4-1)40-21-7-8-22-41(40)47-34-46(53-52(54-47)36-19-5-2-6-20-36)37-31-38(55-48-27-13-9-23-42(48)43-24-10-14-28-49(43)55)33-39(32-37)56-50-29-15-11-25-44(50)45-26-12-16-30-51(45)56/h1-34,42,48H. The van der Waals surface area contributed by atoms with Crippen LogP contribution >= 0.6 is 0 Å². The van der Waals surface area contributed by atoms with E-state index in [1.165, 1.54) is 33.1 Å². The van der Waals surface area contributed by atoms with Crippen LogP contribution in [0.1, 0.15) is 11.5 Å². The first-order valence-corrected chi connectivity index (χ1v) is 19.2. The summed E-state index contributed by atoms with van der Waals surface area (Å²) in [6.45, 7) is 0. The molecule has 56 heavy (non-hydrogen) atoms. The Labute approximate surface area is 326 Å². The van der Waals surface area contributed by atoms with Crippen LogP contribution in [0.25, 0.3) is 72.5 Å². The van der Waals surface area contributed by atoms with Gasteiger partial charge in [-0.05, 0) is 59.2 Å². The minimum Gasteiger partial charge on any atom is -0.333 e. The molecule has 264 valence electrons. The minimum absolute atomic E-state index is 0.150. The second kappa shape index (κ2) is 13.2. The van der Waals surface area contributed by atoms with Gasteiger partial charge >= 0.3 is 0 Å². The van der Waals surface area contributed by atoms with Crippen LogP contribution in [-0.4, -0.2) is 20.6 Å². The second-order valence-corrected chi connectivity index (χ2v) is 14.6. The van der Waals surface area contributed by atoms with E-state index < -0.39 is 0 Å². The Kier molecular flexibility index (Phi) is 7.59. The maximum absolute atomic E-state index is 5.38. The van der Waals surface area contributed by atoms with E-state index in [1.54, 1.807) is 0 Å². The summed E-state index contributed by atoms with van der Waals surface area (Å²) in [5.41, 5.74) is 14.2. The van der Waals surface area contributed by atoms with Crippen molar-refractivity contribution in [1.29, 1.82) is 0 Å². The lowest BCUT2D eigenvalue weighted by molar-refractivity contribution is 0.744. The van der Waals surface area contributed by atoms with Crippen molar-refractivity contribution in [2.75, 3.05) is 4.90 Å². The molecule has 3 heterocycles. The molecule has 2 unspecified atom stereocenters. The van der Waals surface area contributed by atoms with Crippen LogP contribution in [-0.2, 0) is 0 Å². The van der Waals surface area contributed by atoms with Crippen molar-refractivity contribution in [3.63, 3.8) is 0 Å². The van der Waals surface area contributed by atoms with Crippen LogP contribution in [0, 0.1) is 0 Å². The van der Waals surface area contributed by atoms with Gasteiger partial charge in [-0.25, -0.2) is 9.97 Å². The molecule has 11 rings (SSSR count). The van der Waals surface area contributed by atoms with Crippen molar-refractivity contribution < 1.29 is 0 Å². The maximum atomic E-state index is 5.38. The van der Waals surface area contributed by atoms with E-state index in [0.29, 0.717) is 5.82 Å². The summed E-state index contributed by atoms with van der Waals surface area (Å²) in [5, 5.41) is 2.46. The van der Waals surface area contributed by atoms with E-state index in [4.69, 9.17) is 9.97 Å². The molecule has 0 bridgehead atoms. The molecule has 2 atom stereocenters. The molecule has 9 aromatic rings. The Balaban J connectivity index is 1.19. The highest BCUT2D eigenvalue weighted by molar-refractivity contribution is 6.09. The van der Waals surface area contributed by atoms with Crippen LogP contribution in [0.2, 0.25) is 0 Å². The first kappa shape index (κ1) is 32.2. The molecular formula is C52H36N4. The summed E-state index contributed by atoms with van der Waals surface area (Å²) in [6, 6.07) is 65.1. The Hall–Kier alpha value is -7.30. The summed E-state index contributed by atoms with van der Waals surface area (Å²) in [5.74, 6) is 0.957. The van der Waals surface area contributed by atoms with E-state index in [1.807, 2.05) is 6.07 Å². The molecule has 0 fully saturated rings. The fourth-order valence-corrected chi connectivity index (χ4v) is 8.83. The highest BCUT2D eigenvalue weighted by Crippen LogP contribution is 2.49. The van der Waals surface area contributed by atoms with Crippen LogP contribution in [0.3, 0.4) is 0 Å². The molecule has 0 N–H and O–H groups in total. The van der Waals surface area contributed by atoms with E-state index in [0.717, 1.165) is 50.6 Å². The fourth-order valence-electron chi connectivity index (χ4n) is 8.83. The summed E-state index contributed by atoms with van der Waals surface area (Å²) in [4.78, 5) is 13.2. The van der Waals surface area contributed by atoms with Crippen LogP contribution < -0.4 is 4.90 Å². The lowest BCUT2D eigenvalue weighted by Crippen LogP contribution is -2.28. The van der Waals surface area contributed by atoms with Gasteiger partial charge in [0, 0.05) is 50.4 Å². The number of fused-ring (bicyclic) bond motifs is 6. The topological polar surface area (TPSA) is 34.0 Å². The molecule has 4 heteroatoms. The third-order valence-electron chi connectivity index (χ3n) is 11.3. The summed E-state index contributed by atoms with van der Waals surface area (Å²) >= 11 is 0. The van der Waals surface area contributed by atoms with E-state index >= 15 is 0 Å². The fraction of sp³-hybridized carbons (Fsp3) is 0.0385. The number of aromatic nitrogens is 3. The zero-order valence-corrected chi connectivity index (χ0v) is 30.6. The number of rotatable bonds is 6. The van der Waals surface area contributed by atoms with Gasteiger partial charge in [0.05, 0.1) is 28.5 Å². The zero-order chi connectivity index (χ0) is 37.0. The third-order valence-corrected chi connectivity index (χ3v) is 11.3. The molecular weight excluding hydrogens is 681 g/mol. The van der Waals surface area contributed by atoms with Gasteiger partial charge in [0.2, 0.25) is 0 Å². The Morgan fingerprint density at radius 1 is 0.429 bits per heavy atom. The number of anilines is 2. The summed E-state index contributed by atoms with van der Waals surface area (Å²) in [6.07, 6.45) is 9.05. The number of hydrogen-bond donors (Lipinski definition) is 0. The SMILES string of the molecule is C1=CC2c3ccccc3N(c3cc(-c4cc(-c5ccccc5-c5ccccc5)nc(-c5ccccc5)n4)cc(-n4c5ccccc5c5ccccc54)c3)C2C=C1. The maximum Gasteiger partial charge on any atom is 0.160 e. The normalized spacial score (nSPS) is 15.7. The first-order chi connectivity index (χ1) is 27.8. The van der Waals surface area contributed by atoms with Crippen LogP contribution in [0.5, 0.6) is 0 Å². The molecule has 7 aromatic carbocycles. The predicted octanol–water partition coefficient (Wildman–Crippen LogP) is 13.0. The average molecular weight is 717 g/mol. The molecule has 4 nitrogen and oxygen atoms in total. The first-order valence-electron chi connectivity index (χ1n) is 19.2. The highest BCUT2D eigenvalue weighted by atomic mass is 15.2. The van der Waals surface area contributed by atoms with E-state index in [2.05, 4.69) is 210 Å². The van der Waals surface area contributed by atoms with Gasteiger partial charge in [-0.2, -0.15) is 0 Å². The van der Waals surface area contributed by atoms with E-state index in [9.17, 15) is 0 Å². The zero-order valence-electron chi connectivity index (χ0n) is 30.6. The molecule has 0 saturated heterocycles. The van der Waals surface area contributed by atoms with Gasteiger partial charge in [0.1, 0.15) is 0 Å². The number of para-hydroxylation sites is 3. The molecule has 1 aliphatic carbocycles. The van der Waals surface area contributed by atoms with Gasteiger partial charge in [-0.15, -0.1) is 0 Å². The number of benzene rings is 7. The second-order valence-electron chi connectivity index (χ2n) is 14.6. The monoisotopic (exact) mass is 716 g/mol. The Morgan fingerprint density at radius 3 is 1.79 bits per heavy atom. The quantitative estimate of drug-likeness (QED) is 0.172. The average Bonchev–Trinajstić information content (AvgIpc) is 3.80. The van der Waals surface area contributed by atoms with Crippen molar-refractivity contribution >= 4 is 33.2 Å². The molecule has 1 aliphatic heterocycles. The lowest BCUT2D eigenvalue weighted by atomic mass is 9.91. The van der Waals surface area contributed by atoms with Gasteiger partial charge in [0.25, 0.3) is 0 Å². The smallest absolute Gasteiger partial charge is 0.160 e. The predicted molar refractivity (Wildman–Crippen MR) is 232 cm³/mol. The molecule has 0 saturated carbocycles. The van der Waals surface area contributed by atoms with Crippen molar-refractivity contribution in [1.82, 2.24) is 14.5 Å². The van der Waals surface area contributed by atoms with Crippen molar-refractivity contribution in [3.05, 3.63) is 212 Å². The van der Waals surface area contributed by atoms with Gasteiger partial charge in [-0.3, -0.25) is 0 Å². The lowest BCUT2D eigenvalue weighted by Gasteiger charge is -2.29. The van der Waals surface area contributed by atoms with Gasteiger partial charge < -0.3 is 9.47 Å². The number of nitrogens with zero attached hydrogens (tertiary/aromatic N) is 4. The Morgan fingerprint density at radius 2 is 1.02 bits per heavy atom. The van der Waals surface area contributed by atoms with Crippen LogP contribution in [0.4, 0.5) is 11.4 Å². The van der Waals surface area contributed by atoms with Crippen LogP contribution in [0.15, 0.2) is 206 Å². The summed E-state index contributed by atoms with van der Waals surface area (Å²) in [7, 11) is 0. The van der Waals surface area contributed by atoms with Crippen molar-refractivity contribution in [2.45, 2.75) is 12.0 Å². The number of allylic oxidation sites excluding steroid dienone is 2. The molecule has 2 aromatic heterocycles. The van der Waals surface area contributed by atoms with Gasteiger partial charge in [0.15, 0.2) is 5.82 Å². The Bertz CT molecular complexity index is 2940. The molecule has 0 radical (unpaired) electrons. The third kappa shape index (κ3) is 5.30. The largest absolute Gasteiger partial charge is 0.333 e.